The lowest BCUT2D eigenvalue weighted by molar-refractivity contribution is 0.755. The van der Waals surface area contributed by atoms with Gasteiger partial charge >= 0.3 is 0 Å². The lowest BCUT2D eigenvalue weighted by Gasteiger charge is -2.08. The number of benzene rings is 1. The second kappa shape index (κ2) is 6.24. The molecular weight excluding hydrogens is 334 g/mol. The first kappa shape index (κ1) is 14.0. The van der Waals surface area contributed by atoms with E-state index < -0.39 is 0 Å². The zero-order valence-corrected chi connectivity index (χ0v) is 13.7. The summed E-state index contributed by atoms with van der Waals surface area (Å²) in [7, 11) is 0. The maximum absolute atomic E-state index is 4.72. The van der Waals surface area contributed by atoms with Gasteiger partial charge in [-0.15, -0.1) is 11.8 Å². The summed E-state index contributed by atoms with van der Waals surface area (Å²) in [6.45, 7) is 3.94. The number of nitrogens with one attached hydrogen (secondary N) is 1. The van der Waals surface area contributed by atoms with Crippen LogP contribution in [0, 0.1) is 0 Å². The van der Waals surface area contributed by atoms with Crippen molar-refractivity contribution in [3.05, 3.63) is 51.5 Å². The highest BCUT2D eigenvalue weighted by molar-refractivity contribution is 9.10. The van der Waals surface area contributed by atoms with Crippen LogP contribution in [-0.4, -0.2) is 9.97 Å². The third kappa shape index (κ3) is 2.90. The Morgan fingerprint density at radius 2 is 2.10 bits per heavy atom. The van der Waals surface area contributed by atoms with Gasteiger partial charge in [0, 0.05) is 33.7 Å². The predicted octanol–water partition coefficient (Wildman–Crippen LogP) is 3.70. The fourth-order valence-electron chi connectivity index (χ4n) is 2.36. The average Bonchev–Trinajstić information content (AvgIpc) is 2.94. The lowest BCUT2D eigenvalue weighted by Crippen LogP contribution is -2.04. The number of hydrogen-bond acceptors (Lipinski definition) is 4. The van der Waals surface area contributed by atoms with Gasteiger partial charge in [-0.05, 0) is 34.5 Å². The third-order valence-electron chi connectivity index (χ3n) is 3.35. The molecule has 2 aromatic rings. The van der Waals surface area contributed by atoms with Gasteiger partial charge < -0.3 is 5.32 Å². The summed E-state index contributed by atoms with van der Waals surface area (Å²) < 4.78 is 1.13. The molecule has 3 rings (SSSR count). The van der Waals surface area contributed by atoms with Gasteiger partial charge in [0.15, 0.2) is 0 Å². The zero-order chi connectivity index (χ0) is 13.9. The van der Waals surface area contributed by atoms with Crippen LogP contribution in [0.4, 0.5) is 0 Å². The Morgan fingerprint density at radius 3 is 2.90 bits per heavy atom. The number of fused-ring (bicyclic) bond motifs is 1. The van der Waals surface area contributed by atoms with E-state index in [1.165, 1.54) is 21.8 Å². The Bertz CT molecular complexity index is 631. The van der Waals surface area contributed by atoms with Crippen LogP contribution in [0.15, 0.2) is 33.6 Å². The van der Waals surface area contributed by atoms with Crippen LogP contribution >= 0.6 is 27.7 Å². The summed E-state index contributed by atoms with van der Waals surface area (Å²) in [5, 5.41) is 3.36. The van der Waals surface area contributed by atoms with Gasteiger partial charge in [0.2, 0.25) is 0 Å². The molecule has 20 heavy (non-hydrogen) atoms. The molecule has 1 aromatic carbocycles. The van der Waals surface area contributed by atoms with Gasteiger partial charge in [0.25, 0.3) is 0 Å². The molecule has 0 radical (unpaired) electrons. The highest BCUT2D eigenvalue weighted by Gasteiger charge is 2.17. The Labute approximate surface area is 131 Å². The third-order valence-corrected chi connectivity index (χ3v) is 5.37. The van der Waals surface area contributed by atoms with Crippen LogP contribution in [0.2, 0.25) is 0 Å². The Morgan fingerprint density at radius 1 is 1.25 bits per heavy atom. The van der Waals surface area contributed by atoms with Gasteiger partial charge in [-0.1, -0.05) is 19.1 Å². The molecule has 2 heterocycles. The molecule has 0 saturated carbocycles. The van der Waals surface area contributed by atoms with E-state index in [0.717, 1.165) is 35.6 Å². The lowest BCUT2D eigenvalue weighted by atomic mass is 10.1. The first-order valence-corrected chi connectivity index (χ1v) is 8.51. The molecule has 0 amide bonds. The number of thioether (sulfide) groups is 1. The van der Waals surface area contributed by atoms with Crippen LogP contribution in [0.1, 0.15) is 29.7 Å². The van der Waals surface area contributed by atoms with E-state index in [1.54, 1.807) is 11.8 Å². The van der Waals surface area contributed by atoms with Crippen molar-refractivity contribution in [2.45, 2.75) is 37.1 Å². The Kier molecular flexibility index (Phi) is 4.38. The monoisotopic (exact) mass is 349 g/mol. The molecule has 3 nitrogen and oxygen atoms in total. The Balaban J connectivity index is 1.80. The van der Waals surface area contributed by atoms with Crippen LogP contribution in [0.5, 0.6) is 0 Å². The first-order valence-electron chi connectivity index (χ1n) is 6.73. The SMILES string of the molecule is CCc1nc(CSc2ccccc2Br)nc2c1CNC2. The summed E-state index contributed by atoms with van der Waals surface area (Å²) in [4.78, 5) is 10.6. The molecule has 0 spiro atoms. The molecule has 0 fully saturated rings. The molecule has 0 atom stereocenters. The molecule has 1 aromatic heterocycles. The van der Waals surface area contributed by atoms with E-state index in [-0.39, 0.29) is 0 Å². The summed E-state index contributed by atoms with van der Waals surface area (Å²) in [5.41, 5.74) is 3.68. The highest BCUT2D eigenvalue weighted by Crippen LogP contribution is 2.29. The molecule has 1 aliphatic heterocycles. The summed E-state index contributed by atoms with van der Waals surface area (Å²) in [6, 6.07) is 8.26. The highest BCUT2D eigenvalue weighted by atomic mass is 79.9. The predicted molar refractivity (Wildman–Crippen MR) is 85.7 cm³/mol. The van der Waals surface area contributed by atoms with Gasteiger partial charge in [-0.3, -0.25) is 0 Å². The van der Waals surface area contributed by atoms with Crippen LogP contribution in [0.3, 0.4) is 0 Å². The molecular formula is C15H16BrN3S. The van der Waals surface area contributed by atoms with E-state index in [0.29, 0.717) is 0 Å². The molecule has 0 saturated heterocycles. The average molecular weight is 350 g/mol. The van der Waals surface area contributed by atoms with Crippen molar-refractivity contribution in [2.75, 3.05) is 0 Å². The second-order valence-electron chi connectivity index (χ2n) is 4.69. The van der Waals surface area contributed by atoms with Gasteiger partial charge in [0.1, 0.15) is 5.82 Å². The Hall–Kier alpha value is -0.910. The molecule has 1 N–H and O–H groups in total. The minimum absolute atomic E-state index is 0.808. The first-order chi connectivity index (χ1) is 9.78. The zero-order valence-electron chi connectivity index (χ0n) is 11.3. The fourth-order valence-corrected chi connectivity index (χ4v) is 3.78. The molecule has 0 unspecified atom stereocenters. The van der Waals surface area contributed by atoms with Crippen LogP contribution in [0.25, 0.3) is 0 Å². The molecule has 1 aliphatic rings. The van der Waals surface area contributed by atoms with Crippen LogP contribution in [-0.2, 0) is 25.3 Å². The van der Waals surface area contributed by atoms with Crippen molar-refractivity contribution in [3.8, 4) is 0 Å². The minimum Gasteiger partial charge on any atom is -0.307 e. The topological polar surface area (TPSA) is 37.8 Å². The molecule has 104 valence electrons. The number of halogens is 1. The number of nitrogens with zero attached hydrogens (tertiary/aromatic N) is 2. The number of rotatable bonds is 4. The van der Waals surface area contributed by atoms with Crippen molar-refractivity contribution >= 4 is 27.7 Å². The molecule has 0 bridgehead atoms. The normalized spacial score (nSPS) is 13.5. The van der Waals surface area contributed by atoms with E-state index in [9.17, 15) is 0 Å². The fraction of sp³-hybridized carbons (Fsp3) is 0.333. The molecule has 5 heteroatoms. The van der Waals surface area contributed by atoms with Crippen LogP contribution < -0.4 is 5.32 Å². The summed E-state index contributed by atoms with van der Waals surface area (Å²) in [6.07, 6.45) is 0.971. The van der Waals surface area contributed by atoms with Crippen molar-refractivity contribution in [1.29, 1.82) is 0 Å². The second-order valence-corrected chi connectivity index (χ2v) is 6.56. The standard InChI is InChI=1S/C15H16BrN3S/c1-2-12-10-7-17-8-13(10)19-15(18-12)9-20-14-6-4-3-5-11(14)16/h3-6,17H,2,7-9H2,1H3. The number of aryl methyl sites for hydroxylation is 1. The van der Waals surface area contributed by atoms with E-state index in [2.05, 4.69) is 46.4 Å². The minimum atomic E-state index is 0.808. The van der Waals surface area contributed by atoms with E-state index in [1.807, 2.05) is 6.07 Å². The largest absolute Gasteiger partial charge is 0.307 e. The van der Waals surface area contributed by atoms with Crippen molar-refractivity contribution in [1.82, 2.24) is 15.3 Å². The summed E-state index contributed by atoms with van der Waals surface area (Å²) >= 11 is 5.35. The van der Waals surface area contributed by atoms with Gasteiger partial charge in [0.05, 0.1) is 11.4 Å². The maximum atomic E-state index is 4.72. The summed E-state index contributed by atoms with van der Waals surface area (Å²) in [5.74, 6) is 1.74. The smallest absolute Gasteiger partial charge is 0.139 e. The van der Waals surface area contributed by atoms with Crippen molar-refractivity contribution < 1.29 is 0 Å². The van der Waals surface area contributed by atoms with Crippen molar-refractivity contribution in [3.63, 3.8) is 0 Å². The van der Waals surface area contributed by atoms with E-state index in [4.69, 9.17) is 9.97 Å². The van der Waals surface area contributed by atoms with Gasteiger partial charge in [-0.25, -0.2) is 9.97 Å². The number of hydrogen-bond donors (Lipinski definition) is 1. The van der Waals surface area contributed by atoms with E-state index >= 15 is 0 Å². The molecule has 0 aliphatic carbocycles. The van der Waals surface area contributed by atoms with Crippen molar-refractivity contribution in [2.24, 2.45) is 0 Å². The maximum Gasteiger partial charge on any atom is 0.139 e. The quantitative estimate of drug-likeness (QED) is 0.854. The van der Waals surface area contributed by atoms with Gasteiger partial charge in [-0.2, -0.15) is 0 Å². The number of aromatic nitrogens is 2.